The lowest BCUT2D eigenvalue weighted by Crippen LogP contribution is -2.43. The highest BCUT2D eigenvalue weighted by molar-refractivity contribution is 5.74. The first-order chi connectivity index (χ1) is 6.86. The van der Waals surface area contributed by atoms with Crippen molar-refractivity contribution in [3.05, 3.63) is 18.3 Å². The van der Waals surface area contributed by atoms with Gasteiger partial charge in [-0.3, -0.25) is 0 Å². The zero-order valence-electron chi connectivity index (χ0n) is 7.64. The molecule has 0 aliphatic carbocycles. The zero-order valence-corrected chi connectivity index (χ0v) is 7.64. The Hall–Kier alpha value is -1.62. The van der Waals surface area contributed by atoms with E-state index in [1.807, 2.05) is 12.1 Å². The van der Waals surface area contributed by atoms with E-state index in [9.17, 15) is 0 Å². The van der Waals surface area contributed by atoms with Crippen LogP contribution in [0.4, 0.5) is 5.95 Å². The van der Waals surface area contributed by atoms with Gasteiger partial charge in [-0.2, -0.15) is 4.98 Å². The molecule has 0 radical (unpaired) electrons. The van der Waals surface area contributed by atoms with Crippen molar-refractivity contribution in [2.45, 2.75) is 6.04 Å². The molecule has 1 aliphatic heterocycles. The maximum atomic E-state index is 5.85. The minimum Gasteiger partial charge on any atom is -0.369 e. The molecule has 72 valence electrons. The quantitative estimate of drug-likeness (QED) is 0.670. The molecule has 3 N–H and O–H groups in total. The normalized spacial score (nSPS) is 17.1. The summed E-state index contributed by atoms with van der Waals surface area (Å²) in [6.07, 6.45) is 1.73. The monoisotopic (exact) mass is 189 g/mol. The summed E-state index contributed by atoms with van der Waals surface area (Å²) in [5, 5.41) is 3.22. The van der Waals surface area contributed by atoms with Crippen LogP contribution in [0.25, 0.3) is 11.2 Å². The van der Waals surface area contributed by atoms with Crippen LogP contribution in [0.5, 0.6) is 0 Å². The molecule has 5 heteroatoms. The first kappa shape index (κ1) is 7.75. The van der Waals surface area contributed by atoms with Gasteiger partial charge in [0.15, 0.2) is 5.65 Å². The Morgan fingerprint density at radius 2 is 2.36 bits per heavy atom. The van der Waals surface area contributed by atoms with Crippen LogP contribution in [-0.2, 0) is 0 Å². The molecule has 0 aromatic carbocycles. The fourth-order valence-electron chi connectivity index (χ4n) is 1.79. The minimum atomic E-state index is 0.434. The van der Waals surface area contributed by atoms with Crippen LogP contribution >= 0.6 is 0 Å². The summed E-state index contributed by atoms with van der Waals surface area (Å²) in [6, 6.07) is 4.35. The van der Waals surface area contributed by atoms with Gasteiger partial charge < -0.3 is 15.6 Å². The maximum Gasteiger partial charge on any atom is 0.203 e. The van der Waals surface area contributed by atoms with Gasteiger partial charge in [-0.15, -0.1) is 0 Å². The van der Waals surface area contributed by atoms with Gasteiger partial charge in [0.1, 0.15) is 0 Å². The van der Waals surface area contributed by atoms with Gasteiger partial charge in [0, 0.05) is 19.3 Å². The number of hydrogen-bond donors (Lipinski definition) is 2. The van der Waals surface area contributed by atoms with E-state index in [-0.39, 0.29) is 0 Å². The average Bonchev–Trinajstić information content (AvgIpc) is 2.41. The van der Waals surface area contributed by atoms with Crippen LogP contribution < -0.4 is 11.1 Å². The number of nitrogens with one attached hydrogen (secondary N) is 1. The van der Waals surface area contributed by atoms with Crippen LogP contribution in [0.1, 0.15) is 6.04 Å². The lowest BCUT2D eigenvalue weighted by Gasteiger charge is -2.29. The highest BCUT2D eigenvalue weighted by Gasteiger charge is 2.23. The molecular formula is C9H11N5. The summed E-state index contributed by atoms with van der Waals surface area (Å²) in [5.74, 6) is 0.560. The summed E-state index contributed by atoms with van der Waals surface area (Å²) in [5.41, 5.74) is 7.61. The zero-order chi connectivity index (χ0) is 9.54. The Balaban J connectivity index is 2.24. The van der Waals surface area contributed by atoms with Crippen LogP contribution in [0, 0.1) is 0 Å². The van der Waals surface area contributed by atoms with Crippen LogP contribution in [0.15, 0.2) is 18.3 Å². The highest BCUT2D eigenvalue weighted by Crippen LogP contribution is 2.23. The fraction of sp³-hybridized carbons (Fsp3) is 0.333. The Kier molecular flexibility index (Phi) is 1.49. The summed E-state index contributed by atoms with van der Waals surface area (Å²) in [6.45, 7) is 1.93. The Morgan fingerprint density at radius 1 is 1.50 bits per heavy atom. The van der Waals surface area contributed by atoms with Crippen molar-refractivity contribution >= 4 is 17.1 Å². The molecule has 0 amide bonds. The van der Waals surface area contributed by atoms with E-state index in [4.69, 9.17) is 5.73 Å². The summed E-state index contributed by atoms with van der Waals surface area (Å²) >= 11 is 0. The van der Waals surface area contributed by atoms with E-state index >= 15 is 0 Å². The van der Waals surface area contributed by atoms with Gasteiger partial charge >= 0.3 is 0 Å². The molecule has 2 aromatic heterocycles. The molecule has 1 aliphatic rings. The number of rotatable bonds is 1. The maximum absolute atomic E-state index is 5.85. The van der Waals surface area contributed by atoms with Crippen molar-refractivity contribution in [1.82, 2.24) is 19.9 Å². The van der Waals surface area contributed by atoms with Gasteiger partial charge in [-0.1, -0.05) is 0 Å². The lowest BCUT2D eigenvalue weighted by atomic mass is 10.2. The molecule has 0 atom stereocenters. The predicted octanol–water partition coefficient (Wildman–Crippen LogP) is 0.158. The smallest absolute Gasteiger partial charge is 0.203 e. The Bertz CT molecular complexity index is 471. The van der Waals surface area contributed by atoms with E-state index in [1.165, 1.54) is 0 Å². The van der Waals surface area contributed by atoms with Gasteiger partial charge in [-0.05, 0) is 12.1 Å². The van der Waals surface area contributed by atoms with Gasteiger partial charge in [0.2, 0.25) is 5.95 Å². The molecule has 0 unspecified atom stereocenters. The van der Waals surface area contributed by atoms with Gasteiger partial charge in [0.05, 0.1) is 11.6 Å². The van der Waals surface area contributed by atoms with E-state index < -0.39 is 0 Å². The predicted molar refractivity (Wildman–Crippen MR) is 53.8 cm³/mol. The van der Waals surface area contributed by atoms with Crippen LogP contribution in [0.2, 0.25) is 0 Å². The number of imidazole rings is 1. The van der Waals surface area contributed by atoms with E-state index in [1.54, 1.807) is 6.20 Å². The number of anilines is 1. The number of aromatic nitrogens is 3. The van der Waals surface area contributed by atoms with E-state index in [0.717, 1.165) is 24.3 Å². The number of nitrogens with zero attached hydrogens (tertiary/aromatic N) is 3. The molecule has 5 nitrogen and oxygen atoms in total. The van der Waals surface area contributed by atoms with E-state index in [0.29, 0.717) is 12.0 Å². The molecular weight excluding hydrogens is 178 g/mol. The molecule has 1 fully saturated rings. The first-order valence-corrected chi connectivity index (χ1v) is 4.65. The second-order valence-electron chi connectivity index (χ2n) is 3.50. The Morgan fingerprint density at radius 3 is 3.07 bits per heavy atom. The van der Waals surface area contributed by atoms with Crippen molar-refractivity contribution in [3.8, 4) is 0 Å². The number of fused-ring (bicyclic) bond motifs is 1. The van der Waals surface area contributed by atoms with Crippen molar-refractivity contribution < 1.29 is 0 Å². The number of hydrogen-bond acceptors (Lipinski definition) is 4. The SMILES string of the molecule is Nc1nc2ncccc2n1C1CNC1. The fourth-order valence-corrected chi connectivity index (χ4v) is 1.79. The molecule has 0 saturated carbocycles. The van der Waals surface area contributed by atoms with Gasteiger partial charge in [-0.25, -0.2) is 4.98 Å². The Labute approximate surface area is 81.0 Å². The molecule has 3 rings (SSSR count). The summed E-state index contributed by atoms with van der Waals surface area (Å²) < 4.78 is 2.05. The number of pyridine rings is 1. The van der Waals surface area contributed by atoms with Crippen molar-refractivity contribution in [3.63, 3.8) is 0 Å². The van der Waals surface area contributed by atoms with Crippen molar-refractivity contribution in [2.24, 2.45) is 0 Å². The third-order valence-electron chi connectivity index (χ3n) is 2.62. The average molecular weight is 189 g/mol. The van der Waals surface area contributed by atoms with Crippen molar-refractivity contribution in [1.29, 1.82) is 0 Å². The lowest BCUT2D eigenvalue weighted by molar-refractivity contribution is 0.354. The molecule has 14 heavy (non-hydrogen) atoms. The number of nitrogens with two attached hydrogens (primary N) is 1. The summed E-state index contributed by atoms with van der Waals surface area (Å²) in [7, 11) is 0. The standard InChI is InChI=1S/C9H11N5/c10-9-13-8-7(2-1-3-12-8)14(9)6-4-11-5-6/h1-3,6,11H,4-5H2,(H2,10,12,13). The largest absolute Gasteiger partial charge is 0.369 e. The third kappa shape index (κ3) is 0.927. The molecule has 3 heterocycles. The second-order valence-corrected chi connectivity index (χ2v) is 3.50. The van der Waals surface area contributed by atoms with Gasteiger partial charge in [0.25, 0.3) is 0 Å². The molecule has 1 saturated heterocycles. The minimum absolute atomic E-state index is 0.434. The van der Waals surface area contributed by atoms with Crippen LogP contribution in [0.3, 0.4) is 0 Å². The molecule has 0 spiro atoms. The topological polar surface area (TPSA) is 68.8 Å². The molecule has 2 aromatic rings. The highest BCUT2D eigenvalue weighted by atomic mass is 15.2. The second kappa shape index (κ2) is 2.68. The number of nitrogen functional groups attached to an aromatic ring is 1. The van der Waals surface area contributed by atoms with Crippen LogP contribution in [-0.4, -0.2) is 27.6 Å². The molecule has 0 bridgehead atoms. The van der Waals surface area contributed by atoms with E-state index in [2.05, 4.69) is 19.9 Å². The first-order valence-electron chi connectivity index (χ1n) is 4.65. The summed E-state index contributed by atoms with van der Waals surface area (Å²) in [4.78, 5) is 8.39. The van der Waals surface area contributed by atoms with Crippen molar-refractivity contribution in [2.75, 3.05) is 18.8 Å². The third-order valence-corrected chi connectivity index (χ3v) is 2.62.